The van der Waals surface area contributed by atoms with Crippen LogP contribution in [-0.2, 0) is 0 Å². The van der Waals surface area contributed by atoms with E-state index in [1.165, 1.54) is 12.1 Å². The Balaban J connectivity index is 2.47. The number of nitrogen functional groups attached to an aromatic ring is 1. The van der Waals surface area contributed by atoms with Gasteiger partial charge in [-0.3, -0.25) is 9.89 Å². The molecule has 2 heterocycles. The standard InChI is InChI=1S/C14H9BrN4O5/c15-10-5-3-4(1-2-6(5)18-19-10)7-8(13(21)22)11(16)17-12(20)9(7)14(23)24/h1-3H,(H,18,19)(H,21,22)(H,23,24)(H3,16,17,20). The number of aromatic amines is 2. The molecule has 0 spiro atoms. The van der Waals surface area contributed by atoms with Crippen LogP contribution in [0.4, 0.5) is 5.82 Å². The zero-order valence-corrected chi connectivity index (χ0v) is 13.3. The number of aromatic nitrogens is 3. The number of hydrogen-bond donors (Lipinski definition) is 5. The van der Waals surface area contributed by atoms with Gasteiger partial charge < -0.3 is 20.9 Å². The zero-order chi connectivity index (χ0) is 17.6. The lowest BCUT2D eigenvalue weighted by Crippen LogP contribution is -2.24. The Hall–Kier alpha value is -3.14. The van der Waals surface area contributed by atoms with Crippen LogP contribution in [0.2, 0.25) is 0 Å². The van der Waals surface area contributed by atoms with Gasteiger partial charge in [0, 0.05) is 10.9 Å². The molecular weight excluding hydrogens is 384 g/mol. The molecule has 1 aromatic carbocycles. The van der Waals surface area contributed by atoms with Crippen molar-refractivity contribution in [2.75, 3.05) is 5.73 Å². The Bertz CT molecular complexity index is 1070. The largest absolute Gasteiger partial charge is 0.478 e. The van der Waals surface area contributed by atoms with Crippen molar-refractivity contribution in [3.05, 3.63) is 44.3 Å². The number of pyridine rings is 1. The maximum Gasteiger partial charge on any atom is 0.342 e. The predicted molar refractivity (Wildman–Crippen MR) is 88.2 cm³/mol. The van der Waals surface area contributed by atoms with Crippen molar-refractivity contribution in [3.8, 4) is 11.1 Å². The topological polar surface area (TPSA) is 162 Å². The van der Waals surface area contributed by atoms with Gasteiger partial charge in [0.1, 0.15) is 21.5 Å². The van der Waals surface area contributed by atoms with E-state index in [0.29, 0.717) is 15.5 Å². The van der Waals surface area contributed by atoms with Gasteiger partial charge in [-0.25, -0.2) is 9.59 Å². The Labute approximate surface area is 141 Å². The molecule has 0 saturated heterocycles. The summed E-state index contributed by atoms with van der Waals surface area (Å²) in [4.78, 5) is 37.1. The molecule has 0 bridgehead atoms. The van der Waals surface area contributed by atoms with Gasteiger partial charge in [0.15, 0.2) is 0 Å². The third-order valence-electron chi connectivity index (χ3n) is 3.47. The maximum absolute atomic E-state index is 12.0. The van der Waals surface area contributed by atoms with Gasteiger partial charge in [0.25, 0.3) is 5.56 Å². The number of nitrogens with one attached hydrogen (secondary N) is 2. The van der Waals surface area contributed by atoms with Crippen molar-refractivity contribution < 1.29 is 19.8 Å². The van der Waals surface area contributed by atoms with Gasteiger partial charge in [-0.1, -0.05) is 6.07 Å². The normalized spacial score (nSPS) is 10.9. The van der Waals surface area contributed by atoms with E-state index in [2.05, 4.69) is 31.1 Å². The Morgan fingerprint density at radius 1 is 1.17 bits per heavy atom. The van der Waals surface area contributed by atoms with Gasteiger partial charge >= 0.3 is 11.9 Å². The molecule has 122 valence electrons. The van der Waals surface area contributed by atoms with Gasteiger partial charge in [-0.15, -0.1) is 0 Å². The first kappa shape index (κ1) is 15.7. The molecule has 0 aliphatic carbocycles. The van der Waals surface area contributed by atoms with E-state index in [1.807, 2.05) is 0 Å². The molecule has 0 saturated carbocycles. The van der Waals surface area contributed by atoms with E-state index in [9.17, 15) is 24.6 Å². The first-order chi connectivity index (χ1) is 11.3. The number of nitrogens with zero attached hydrogens (tertiary/aromatic N) is 1. The number of aromatic carboxylic acids is 2. The maximum atomic E-state index is 12.0. The van der Waals surface area contributed by atoms with Crippen LogP contribution in [0.15, 0.2) is 27.6 Å². The molecule has 6 N–H and O–H groups in total. The molecule has 0 atom stereocenters. The summed E-state index contributed by atoms with van der Waals surface area (Å²) in [5.74, 6) is -3.42. The Kier molecular flexibility index (Phi) is 3.60. The highest BCUT2D eigenvalue weighted by Gasteiger charge is 2.26. The first-order valence-electron chi connectivity index (χ1n) is 6.47. The fraction of sp³-hybridized carbons (Fsp3) is 0. The second-order valence-electron chi connectivity index (χ2n) is 4.87. The first-order valence-corrected chi connectivity index (χ1v) is 7.27. The van der Waals surface area contributed by atoms with Crippen LogP contribution in [0.1, 0.15) is 20.7 Å². The van der Waals surface area contributed by atoms with Crippen LogP contribution >= 0.6 is 15.9 Å². The van der Waals surface area contributed by atoms with Crippen LogP contribution in [0.5, 0.6) is 0 Å². The van der Waals surface area contributed by atoms with E-state index in [0.717, 1.165) is 0 Å². The van der Waals surface area contributed by atoms with Crippen molar-refractivity contribution in [1.82, 2.24) is 15.2 Å². The third kappa shape index (κ3) is 2.33. The van der Waals surface area contributed by atoms with Crippen LogP contribution < -0.4 is 11.3 Å². The van der Waals surface area contributed by atoms with E-state index < -0.39 is 34.4 Å². The number of benzene rings is 1. The van der Waals surface area contributed by atoms with Gasteiger partial charge in [-0.05, 0) is 33.6 Å². The quantitative estimate of drug-likeness (QED) is 0.452. The van der Waals surface area contributed by atoms with Crippen molar-refractivity contribution in [2.45, 2.75) is 0 Å². The fourth-order valence-corrected chi connectivity index (χ4v) is 2.88. The predicted octanol–water partition coefficient (Wildman–Crippen LogP) is 1.66. The lowest BCUT2D eigenvalue weighted by Gasteiger charge is -2.12. The van der Waals surface area contributed by atoms with Crippen LogP contribution in [-0.4, -0.2) is 37.3 Å². The minimum Gasteiger partial charge on any atom is -0.478 e. The molecule has 2 aromatic heterocycles. The number of carbonyl (C=O) groups is 2. The molecular formula is C14H9BrN4O5. The van der Waals surface area contributed by atoms with Crippen LogP contribution in [0.25, 0.3) is 22.0 Å². The molecule has 0 aliphatic rings. The summed E-state index contributed by atoms with van der Waals surface area (Å²) in [6, 6.07) is 4.57. The molecule has 0 fully saturated rings. The summed E-state index contributed by atoms with van der Waals surface area (Å²) in [6.45, 7) is 0. The average molecular weight is 393 g/mol. The fourth-order valence-electron chi connectivity index (χ4n) is 2.47. The van der Waals surface area contributed by atoms with E-state index in [1.54, 1.807) is 6.07 Å². The highest BCUT2D eigenvalue weighted by Crippen LogP contribution is 2.32. The van der Waals surface area contributed by atoms with Gasteiger partial charge in [0.05, 0.1) is 5.52 Å². The number of anilines is 1. The van der Waals surface area contributed by atoms with Crippen molar-refractivity contribution in [3.63, 3.8) is 0 Å². The number of carboxylic acids is 2. The molecule has 24 heavy (non-hydrogen) atoms. The summed E-state index contributed by atoms with van der Waals surface area (Å²) in [6.07, 6.45) is 0. The van der Waals surface area contributed by atoms with E-state index >= 15 is 0 Å². The summed E-state index contributed by atoms with van der Waals surface area (Å²) in [7, 11) is 0. The minimum atomic E-state index is -1.56. The highest BCUT2D eigenvalue weighted by molar-refractivity contribution is 9.10. The smallest absolute Gasteiger partial charge is 0.342 e. The highest BCUT2D eigenvalue weighted by atomic mass is 79.9. The number of carboxylic acid groups (broad SMARTS) is 2. The molecule has 0 aliphatic heterocycles. The Morgan fingerprint density at radius 3 is 2.46 bits per heavy atom. The summed E-state index contributed by atoms with van der Waals surface area (Å²) >= 11 is 3.25. The molecule has 3 rings (SSSR count). The molecule has 0 radical (unpaired) electrons. The second kappa shape index (κ2) is 5.49. The summed E-state index contributed by atoms with van der Waals surface area (Å²) < 4.78 is 0.533. The van der Waals surface area contributed by atoms with Gasteiger partial charge in [-0.2, -0.15) is 5.10 Å². The van der Waals surface area contributed by atoms with Crippen molar-refractivity contribution in [1.29, 1.82) is 0 Å². The van der Waals surface area contributed by atoms with Crippen molar-refractivity contribution >= 4 is 44.6 Å². The Morgan fingerprint density at radius 2 is 1.83 bits per heavy atom. The molecule has 0 amide bonds. The van der Waals surface area contributed by atoms with Crippen LogP contribution in [0.3, 0.4) is 0 Å². The molecule has 0 unspecified atom stereocenters. The number of H-pyrrole nitrogens is 2. The summed E-state index contributed by atoms with van der Waals surface area (Å²) in [5.41, 5.74) is 3.98. The van der Waals surface area contributed by atoms with Gasteiger partial charge in [0.2, 0.25) is 0 Å². The average Bonchev–Trinajstić information content (AvgIpc) is 2.86. The second-order valence-corrected chi connectivity index (χ2v) is 5.67. The van der Waals surface area contributed by atoms with E-state index in [-0.39, 0.29) is 11.1 Å². The summed E-state index contributed by atoms with van der Waals surface area (Å²) in [5, 5.41) is 26.1. The van der Waals surface area contributed by atoms with Crippen LogP contribution in [0, 0.1) is 0 Å². The SMILES string of the molecule is Nc1[nH]c(=O)c(C(=O)O)c(-c2ccc3n[nH]c(Br)c3c2)c1C(=O)O. The number of halogens is 1. The molecule has 3 aromatic rings. The number of nitrogens with two attached hydrogens (primary N) is 1. The monoisotopic (exact) mass is 392 g/mol. The molecule has 10 heteroatoms. The lowest BCUT2D eigenvalue weighted by molar-refractivity contribution is 0.0695. The number of hydrogen-bond acceptors (Lipinski definition) is 5. The van der Waals surface area contributed by atoms with Crippen molar-refractivity contribution in [2.24, 2.45) is 0 Å². The van der Waals surface area contributed by atoms with E-state index in [4.69, 9.17) is 5.73 Å². The number of rotatable bonds is 3. The third-order valence-corrected chi connectivity index (χ3v) is 4.07. The molecule has 9 nitrogen and oxygen atoms in total. The minimum absolute atomic E-state index is 0.220. The zero-order valence-electron chi connectivity index (χ0n) is 11.8. The number of fused-ring (bicyclic) bond motifs is 1. The lowest BCUT2D eigenvalue weighted by atomic mass is 9.95.